The zero-order valence-electron chi connectivity index (χ0n) is 20.5. The number of phenols is 1. The van der Waals surface area contributed by atoms with Gasteiger partial charge in [-0.05, 0) is 39.9 Å². The molecule has 5 nitrogen and oxygen atoms in total. The van der Waals surface area contributed by atoms with Crippen LogP contribution in [0.5, 0.6) is 5.75 Å². The number of aromatic hydroxyl groups is 1. The molecule has 0 saturated heterocycles. The van der Waals surface area contributed by atoms with Crippen LogP contribution in [0.15, 0.2) is 12.1 Å². The second-order valence-corrected chi connectivity index (χ2v) is 13.0. The molecule has 0 bridgehead atoms. The number of hydrogen-bond donors (Lipinski definition) is 1. The lowest BCUT2D eigenvalue weighted by Crippen LogP contribution is -2.26. The fourth-order valence-electron chi connectivity index (χ4n) is 3.40. The number of rotatable bonds is 9. The molecule has 0 aliphatic carbocycles. The molecule has 0 aliphatic heterocycles. The maximum Gasteiger partial charge on any atom is 0.330 e. The first-order valence-electron chi connectivity index (χ1n) is 10.7. The minimum atomic E-state index is -3.21. The van der Waals surface area contributed by atoms with Gasteiger partial charge in [0.25, 0.3) is 0 Å². The highest BCUT2D eigenvalue weighted by Gasteiger charge is 2.32. The Balaban J connectivity index is 3.23. The predicted octanol–water partition coefficient (Wildman–Crippen LogP) is 6.49. The second kappa shape index (κ2) is 9.54. The first kappa shape index (κ1) is 26.9. The van der Waals surface area contributed by atoms with Crippen LogP contribution in [0.3, 0.4) is 0 Å². The average Bonchev–Trinajstić information content (AvgIpc) is 2.58. The van der Waals surface area contributed by atoms with Gasteiger partial charge in [0, 0.05) is 12.6 Å². The van der Waals surface area contributed by atoms with E-state index in [2.05, 4.69) is 41.5 Å². The first-order valence-corrected chi connectivity index (χ1v) is 12.5. The van der Waals surface area contributed by atoms with Gasteiger partial charge in [-0.25, -0.2) is 0 Å². The quantitative estimate of drug-likeness (QED) is 0.444. The number of hydrogen-bond acceptors (Lipinski definition) is 5. The fourth-order valence-corrected chi connectivity index (χ4v) is 4.58. The number of benzene rings is 1. The standard InChI is InChI=1S/C24H41O5P/c1-11-28-30(27,12-2)29-16-18(25)15-24(9,10)17-13-19(22(3,4)5)21(26)20(14-17)23(6,7)8/h13-14,26H,11-12,15-16H2,1-10H3. The number of phenolic OH excluding ortho intramolecular Hbond substituents is 1. The molecule has 0 aliphatic rings. The van der Waals surface area contributed by atoms with Crippen molar-refractivity contribution in [1.29, 1.82) is 0 Å². The molecule has 0 fully saturated rings. The van der Waals surface area contributed by atoms with Crippen molar-refractivity contribution in [2.45, 2.75) is 91.9 Å². The van der Waals surface area contributed by atoms with Crippen LogP contribution < -0.4 is 0 Å². The molecule has 172 valence electrons. The van der Waals surface area contributed by atoms with Crippen molar-refractivity contribution < 1.29 is 23.5 Å². The number of carbonyl (C=O) groups is 1. The highest BCUT2D eigenvalue weighted by atomic mass is 31.2. The van der Waals surface area contributed by atoms with Gasteiger partial charge in [-0.1, -0.05) is 74.4 Å². The van der Waals surface area contributed by atoms with Crippen molar-refractivity contribution in [3.8, 4) is 5.75 Å². The van der Waals surface area contributed by atoms with Gasteiger partial charge in [-0.3, -0.25) is 9.36 Å². The molecule has 30 heavy (non-hydrogen) atoms. The second-order valence-electron chi connectivity index (χ2n) is 10.6. The highest BCUT2D eigenvalue weighted by Crippen LogP contribution is 2.48. The van der Waals surface area contributed by atoms with Crippen LogP contribution in [0.1, 0.15) is 92.3 Å². The minimum absolute atomic E-state index is 0.129. The Morgan fingerprint density at radius 2 is 1.40 bits per heavy atom. The van der Waals surface area contributed by atoms with Crippen LogP contribution in [0, 0.1) is 0 Å². The Morgan fingerprint density at radius 1 is 0.933 bits per heavy atom. The van der Waals surface area contributed by atoms with Crippen LogP contribution in [0.2, 0.25) is 0 Å². The molecule has 1 aromatic rings. The van der Waals surface area contributed by atoms with Crippen LogP contribution in [-0.2, 0) is 34.7 Å². The average molecular weight is 441 g/mol. The van der Waals surface area contributed by atoms with Crippen molar-refractivity contribution in [3.63, 3.8) is 0 Å². The van der Waals surface area contributed by atoms with Crippen LogP contribution in [0.4, 0.5) is 0 Å². The van der Waals surface area contributed by atoms with E-state index < -0.39 is 13.0 Å². The van der Waals surface area contributed by atoms with E-state index in [1.54, 1.807) is 13.8 Å². The number of carbonyl (C=O) groups excluding carboxylic acids is 1. The third-order valence-corrected chi connectivity index (χ3v) is 7.23. The Labute approximate surface area is 183 Å². The van der Waals surface area contributed by atoms with Crippen LogP contribution in [0.25, 0.3) is 0 Å². The van der Waals surface area contributed by atoms with E-state index in [9.17, 15) is 14.5 Å². The highest BCUT2D eigenvalue weighted by molar-refractivity contribution is 7.53. The van der Waals surface area contributed by atoms with Crippen LogP contribution >= 0.6 is 7.60 Å². The summed E-state index contributed by atoms with van der Waals surface area (Å²) in [6, 6.07) is 4.02. The van der Waals surface area contributed by atoms with Gasteiger partial charge in [0.05, 0.1) is 6.61 Å². The Hall–Kier alpha value is -1.16. The van der Waals surface area contributed by atoms with Crippen molar-refractivity contribution in [2.75, 3.05) is 19.4 Å². The lowest BCUT2D eigenvalue weighted by molar-refractivity contribution is -0.122. The van der Waals surface area contributed by atoms with E-state index >= 15 is 0 Å². The molecule has 0 heterocycles. The Morgan fingerprint density at radius 3 is 1.77 bits per heavy atom. The third-order valence-electron chi connectivity index (χ3n) is 5.28. The van der Waals surface area contributed by atoms with Crippen LogP contribution in [-0.4, -0.2) is 30.3 Å². The Bertz CT molecular complexity index is 762. The molecular formula is C24H41O5P. The predicted molar refractivity (Wildman–Crippen MR) is 124 cm³/mol. The zero-order chi connectivity index (χ0) is 23.5. The molecular weight excluding hydrogens is 399 g/mol. The smallest absolute Gasteiger partial charge is 0.330 e. The van der Waals surface area contributed by atoms with Gasteiger partial charge in [0.15, 0.2) is 5.78 Å². The van der Waals surface area contributed by atoms with E-state index in [4.69, 9.17) is 9.05 Å². The van der Waals surface area contributed by atoms with Gasteiger partial charge in [-0.15, -0.1) is 0 Å². The van der Waals surface area contributed by atoms with E-state index in [-0.39, 0.29) is 42.4 Å². The van der Waals surface area contributed by atoms with E-state index in [1.807, 2.05) is 26.0 Å². The molecule has 0 aromatic heterocycles. The number of ketones is 1. The van der Waals surface area contributed by atoms with E-state index in [1.165, 1.54) is 0 Å². The SMILES string of the molecule is CCOP(=O)(CC)OCC(=O)CC(C)(C)c1cc(C(C)(C)C)c(O)c(C(C)(C)C)c1. The van der Waals surface area contributed by atoms with Crippen molar-refractivity contribution >= 4 is 13.4 Å². The molecule has 0 amide bonds. The number of Topliss-reactive ketones (excluding diaryl/α,β-unsaturated/α-hetero) is 1. The summed E-state index contributed by atoms with van der Waals surface area (Å²) in [5.41, 5.74) is 1.77. The summed E-state index contributed by atoms with van der Waals surface area (Å²) in [5, 5.41) is 11.0. The molecule has 1 rings (SSSR count). The maximum absolute atomic E-state index is 12.7. The van der Waals surface area contributed by atoms with Crippen molar-refractivity contribution in [3.05, 3.63) is 28.8 Å². The summed E-state index contributed by atoms with van der Waals surface area (Å²) in [6.07, 6.45) is 0.472. The fraction of sp³-hybridized carbons (Fsp3) is 0.708. The topological polar surface area (TPSA) is 72.8 Å². The largest absolute Gasteiger partial charge is 0.507 e. The molecule has 6 heteroatoms. The molecule has 0 saturated carbocycles. The molecule has 1 aromatic carbocycles. The maximum atomic E-state index is 12.7. The third kappa shape index (κ3) is 6.93. The van der Waals surface area contributed by atoms with Gasteiger partial charge in [0.2, 0.25) is 0 Å². The lowest BCUT2D eigenvalue weighted by atomic mass is 9.73. The summed E-state index contributed by atoms with van der Waals surface area (Å²) < 4.78 is 23.0. The van der Waals surface area contributed by atoms with E-state index in [0.29, 0.717) is 5.75 Å². The van der Waals surface area contributed by atoms with Gasteiger partial charge in [0.1, 0.15) is 12.4 Å². The minimum Gasteiger partial charge on any atom is -0.507 e. The van der Waals surface area contributed by atoms with Gasteiger partial charge >= 0.3 is 7.60 Å². The summed E-state index contributed by atoms with van der Waals surface area (Å²) in [4.78, 5) is 12.7. The van der Waals surface area contributed by atoms with Gasteiger partial charge < -0.3 is 14.2 Å². The molecule has 0 spiro atoms. The summed E-state index contributed by atoms with van der Waals surface area (Å²) in [7, 11) is -3.21. The summed E-state index contributed by atoms with van der Waals surface area (Å²) in [6.45, 7) is 20.0. The molecule has 1 atom stereocenters. The van der Waals surface area contributed by atoms with E-state index in [0.717, 1.165) is 16.7 Å². The van der Waals surface area contributed by atoms with Gasteiger partial charge in [-0.2, -0.15) is 0 Å². The normalized spacial score (nSPS) is 15.1. The molecule has 1 unspecified atom stereocenters. The molecule has 0 radical (unpaired) electrons. The Kier molecular flexibility index (Phi) is 8.55. The summed E-state index contributed by atoms with van der Waals surface area (Å²) in [5.74, 6) is 0.195. The van der Waals surface area contributed by atoms with Crippen molar-refractivity contribution in [1.82, 2.24) is 0 Å². The van der Waals surface area contributed by atoms with Crippen molar-refractivity contribution in [2.24, 2.45) is 0 Å². The monoisotopic (exact) mass is 440 g/mol. The summed E-state index contributed by atoms with van der Waals surface area (Å²) >= 11 is 0. The first-order chi connectivity index (χ1) is 13.5. The zero-order valence-corrected chi connectivity index (χ0v) is 21.4. The lowest BCUT2D eigenvalue weighted by Gasteiger charge is -2.32. The molecule has 1 N–H and O–H groups in total.